The highest BCUT2D eigenvalue weighted by molar-refractivity contribution is 7.99. The molecule has 30 heavy (non-hydrogen) atoms. The van der Waals surface area contributed by atoms with E-state index in [1.165, 1.54) is 45.5 Å². The number of sulfonamides is 1. The smallest absolute Gasteiger partial charge is 0.316 e. The van der Waals surface area contributed by atoms with Crippen molar-refractivity contribution in [3.8, 4) is 17.1 Å². The quantitative estimate of drug-likeness (QED) is 0.403. The zero-order chi connectivity index (χ0) is 21.9. The Morgan fingerprint density at radius 1 is 1.17 bits per heavy atom. The molecular weight excluding hydrogens is 431 g/mol. The van der Waals surface area contributed by atoms with Crippen molar-refractivity contribution < 1.29 is 22.3 Å². The highest BCUT2D eigenvalue weighted by Gasteiger charge is 2.21. The zero-order valence-corrected chi connectivity index (χ0v) is 18.1. The Kier molecular flexibility index (Phi) is 6.54. The number of esters is 1. The molecule has 0 radical (unpaired) electrons. The standard InChI is InChI=1S/C19H19FN4O4S2/c1-23(2)30(26,27)16-6-4-5-13(11-16)18-21-22-19(29-12-17(25)28-3)24(18)15-9-7-14(20)8-10-15/h4-11H,12H2,1-3H3. The van der Waals surface area contributed by atoms with Crippen molar-refractivity contribution in [2.75, 3.05) is 27.0 Å². The number of rotatable bonds is 7. The average Bonchev–Trinajstić information content (AvgIpc) is 3.16. The van der Waals surface area contributed by atoms with E-state index >= 15 is 0 Å². The molecular formula is C19H19FN4O4S2. The van der Waals surface area contributed by atoms with Crippen LogP contribution < -0.4 is 0 Å². The van der Waals surface area contributed by atoms with E-state index in [0.29, 0.717) is 22.2 Å². The molecule has 0 aliphatic heterocycles. The van der Waals surface area contributed by atoms with E-state index in [1.807, 2.05) is 0 Å². The van der Waals surface area contributed by atoms with Gasteiger partial charge in [0.05, 0.1) is 17.8 Å². The van der Waals surface area contributed by atoms with E-state index in [9.17, 15) is 17.6 Å². The molecule has 11 heteroatoms. The molecule has 3 rings (SSSR count). The van der Waals surface area contributed by atoms with Crippen LogP contribution in [0.3, 0.4) is 0 Å². The number of hydrogen-bond acceptors (Lipinski definition) is 7. The first-order valence-electron chi connectivity index (χ1n) is 8.68. The third-order valence-corrected chi connectivity index (χ3v) is 6.85. The molecule has 0 N–H and O–H groups in total. The Bertz CT molecular complexity index is 1160. The van der Waals surface area contributed by atoms with Gasteiger partial charge in [0.25, 0.3) is 0 Å². The van der Waals surface area contributed by atoms with Crippen LogP contribution in [0.25, 0.3) is 17.1 Å². The molecule has 3 aromatic rings. The first kappa shape index (κ1) is 21.9. The summed E-state index contributed by atoms with van der Waals surface area (Å²) < 4.78 is 45.9. The number of ether oxygens (including phenoxy) is 1. The van der Waals surface area contributed by atoms with E-state index in [2.05, 4.69) is 14.9 Å². The number of thioether (sulfide) groups is 1. The minimum Gasteiger partial charge on any atom is -0.468 e. The number of hydrogen-bond donors (Lipinski definition) is 0. The molecule has 8 nitrogen and oxygen atoms in total. The molecule has 0 unspecified atom stereocenters. The van der Waals surface area contributed by atoms with Crippen molar-refractivity contribution in [2.45, 2.75) is 10.1 Å². The van der Waals surface area contributed by atoms with Crippen LogP contribution in [0.1, 0.15) is 0 Å². The van der Waals surface area contributed by atoms with Gasteiger partial charge in [-0.25, -0.2) is 17.1 Å². The lowest BCUT2D eigenvalue weighted by atomic mass is 10.2. The van der Waals surface area contributed by atoms with E-state index in [-0.39, 0.29) is 10.6 Å². The molecule has 1 aromatic heterocycles. The van der Waals surface area contributed by atoms with Crippen LogP contribution in [-0.4, -0.2) is 60.4 Å². The molecule has 1 heterocycles. The maximum absolute atomic E-state index is 13.4. The lowest BCUT2D eigenvalue weighted by Gasteiger charge is -2.13. The van der Waals surface area contributed by atoms with Crippen LogP contribution in [-0.2, 0) is 19.6 Å². The van der Waals surface area contributed by atoms with Crippen molar-refractivity contribution in [2.24, 2.45) is 0 Å². The fraction of sp³-hybridized carbons (Fsp3) is 0.211. The Hall–Kier alpha value is -2.76. The summed E-state index contributed by atoms with van der Waals surface area (Å²) in [4.78, 5) is 11.7. The second-order valence-electron chi connectivity index (χ2n) is 6.30. The van der Waals surface area contributed by atoms with E-state index in [4.69, 9.17) is 0 Å². The van der Waals surface area contributed by atoms with Crippen molar-refractivity contribution in [3.63, 3.8) is 0 Å². The van der Waals surface area contributed by atoms with Gasteiger partial charge in [-0.3, -0.25) is 9.36 Å². The number of aromatic nitrogens is 3. The van der Waals surface area contributed by atoms with Crippen LogP contribution in [0.4, 0.5) is 4.39 Å². The summed E-state index contributed by atoms with van der Waals surface area (Å²) in [5, 5.41) is 8.71. The van der Waals surface area contributed by atoms with Crippen LogP contribution in [0.15, 0.2) is 58.6 Å². The van der Waals surface area contributed by atoms with Gasteiger partial charge in [-0.15, -0.1) is 10.2 Å². The van der Waals surface area contributed by atoms with Gasteiger partial charge in [0, 0.05) is 25.3 Å². The Balaban J connectivity index is 2.12. The van der Waals surface area contributed by atoms with E-state index in [1.54, 1.807) is 28.8 Å². The number of nitrogens with zero attached hydrogens (tertiary/aromatic N) is 4. The molecule has 0 spiro atoms. The summed E-state index contributed by atoms with van der Waals surface area (Å²) in [6.07, 6.45) is 0. The molecule has 0 aliphatic rings. The number of carbonyl (C=O) groups excluding carboxylic acids is 1. The van der Waals surface area contributed by atoms with Gasteiger partial charge in [-0.1, -0.05) is 23.9 Å². The molecule has 0 atom stereocenters. The monoisotopic (exact) mass is 450 g/mol. The Labute approximate surface area is 177 Å². The van der Waals surface area contributed by atoms with Gasteiger partial charge < -0.3 is 4.74 Å². The van der Waals surface area contributed by atoms with Crippen molar-refractivity contribution in [3.05, 3.63) is 54.3 Å². The SMILES string of the molecule is COC(=O)CSc1nnc(-c2cccc(S(=O)(=O)N(C)C)c2)n1-c1ccc(F)cc1. The summed E-state index contributed by atoms with van der Waals surface area (Å²) in [6.45, 7) is 0. The minimum absolute atomic E-state index is 0.00484. The van der Waals surface area contributed by atoms with Gasteiger partial charge >= 0.3 is 5.97 Å². The summed E-state index contributed by atoms with van der Waals surface area (Å²) >= 11 is 1.10. The molecule has 158 valence electrons. The maximum atomic E-state index is 13.4. The molecule has 0 bridgehead atoms. The number of benzene rings is 2. The summed E-state index contributed by atoms with van der Waals surface area (Å²) in [6, 6.07) is 12.0. The van der Waals surface area contributed by atoms with E-state index < -0.39 is 21.8 Å². The lowest BCUT2D eigenvalue weighted by molar-refractivity contribution is -0.137. The Morgan fingerprint density at radius 2 is 1.87 bits per heavy atom. The van der Waals surface area contributed by atoms with Crippen LogP contribution in [0, 0.1) is 5.82 Å². The third-order valence-electron chi connectivity index (χ3n) is 4.14. The molecule has 0 saturated heterocycles. The van der Waals surface area contributed by atoms with Crippen molar-refractivity contribution in [1.29, 1.82) is 0 Å². The molecule has 0 aliphatic carbocycles. The molecule has 0 fully saturated rings. The van der Waals surface area contributed by atoms with Crippen molar-refractivity contribution >= 4 is 27.8 Å². The number of halogens is 1. The largest absolute Gasteiger partial charge is 0.468 e. The fourth-order valence-electron chi connectivity index (χ4n) is 2.56. The lowest BCUT2D eigenvalue weighted by Crippen LogP contribution is -2.22. The highest BCUT2D eigenvalue weighted by atomic mass is 32.2. The fourth-order valence-corrected chi connectivity index (χ4v) is 4.29. The predicted octanol–water partition coefficient (Wildman–Crippen LogP) is 2.59. The minimum atomic E-state index is -3.65. The van der Waals surface area contributed by atoms with Gasteiger partial charge in [0.2, 0.25) is 10.0 Å². The number of carbonyl (C=O) groups is 1. The van der Waals surface area contributed by atoms with Crippen molar-refractivity contribution in [1.82, 2.24) is 19.1 Å². The normalized spacial score (nSPS) is 11.6. The second-order valence-corrected chi connectivity index (χ2v) is 9.39. The molecule has 0 saturated carbocycles. The predicted molar refractivity (Wildman–Crippen MR) is 110 cm³/mol. The first-order valence-corrected chi connectivity index (χ1v) is 11.1. The topological polar surface area (TPSA) is 94.4 Å². The average molecular weight is 451 g/mol. The third kappa shape index (κ3) is 4.53. The maximum Gasteiger partial charge on any atom is 0.316 e. The molecule has 2 aromatic carbocycles. The summed E-state index contributed by atoms with van der Waals surface area (Å²) in [7, 11) is 0.537. The summed E-state index contributed by atoms with van der Waals surface area (Å²) in [5.74, 6) is -0.486. The Morgan fingerprint density at radius 3 is 2.50 bits per heavy atom. The van der Waals surface area contributed by atoms with Gasteiger partial charge in [-0.05, 0) is 36.4 Å². The van der Waals surface area contributed by atoms with Crippen LogP contribution >= 0.6 is 11.8 Å². The number of methoxy groups -OCH3 is 1. The zero-order valence-electron chi connectivity index (χ0n) is 16.4. The van der Waals surface area contributed by atoms with Crippen LogP contribution in [0.5, 0.6) is 0 Å². The first-order chi connectivity index (χ1) is 14.2. The van der Waals surface area contributed by atoms with Crippen LogP contribution in [0.2, 0.25) is 0 Å². The van der Waals surface area contributed by atoms with E-state index in [0.717, 1.165) is 16.1 Å². The van der Waals surface area contributed by atoms with Gasteiger partial charge in [0.15, 0.2) is 11.0 Å². The highest BCUT2D eigenvalue weighted by Crippen LogP contribution is 2.29. The van der Waals surface area contributed by atoms with Gasteiger partial charge in [0.1, 0.15) is 5.82 Å². The van der Waals surface area contributed by atoms with Gasteiger partial charge in [-0.2, -0.15) is 0 Å². The second kappa shape index (κ2) is 8.94. The molecule has 0 amide bonds. The summed E-state index contributed by atoms with van der Waals surface area (Å²) in [5.41, 5.74) is 1.06.